The number of aromatic nitrogens is 3. The number of fused-ring (bicyclic) bond motifs is 1. The van der Waals surface area contributed by atoms with Crippen LogP contribution in [0.4, 0.5) is 11.9 Å². The van der Waals surface area contributed by atoms with Crippen LogP contribution < -0.4 is 20.1 Å². The van der Waals surface area contributed by atoms with E-state index in [4.69, 9.17) is 9.47 Å². The maximum Gasteiger partial charge on any atom is 0.250 e. The lowest BCUT2D eigenvalue weighted by Gasteiger charge is -2.31. The van der Waals surface area contributed by atoms with Crippen molar-refractivity contribution in [3.63, 3.8) is 0 Å². The smallest absolute Gasteiger partial charge is 0.250 e. The van der Waals surface area contributed by atoms with Crippen molar-refractivity contribution in [2.45, 2.75) is 31.8 Å². The Morgan fingerprint density at radius 1 is 1.00 bits per heavy atom. The topological polar surface area (TPSA) is 90.3 Å². The van der Waals surface area contributed by atoms with E-state index >= 15 is 0 Å². The summed E-state index contributed by atoms with van der Waals surface area (Å²) in [5, 5.41) is 11.0. The van der Waals surface area contributed by atoms with Crippen LogP contribution in [0.25, 0.3) is 0 Å². The first-order chi connectivity index (χ1) is 17.5. The molecule has 4 aromatic rings. The molecule has 1 aliphatic rings. The number of rotatable bonds is 7. The molecule has 1 amide bonds. The Kier molecular flexibility index (Phi) is 6.58. The number of aryl methyl sites for hydroxylation is 1. The lowest BCUT2D eigenvalue weighted by molar-refractivity contribution is -0.115. The molecule has 0 fully saturated rings. The van der Waals surface area contributed by atoms with Gasteiger partial charge in [-0.05, 0) is 42.2 Å². The number of hydrogen-bond acceptors (Lipinski definition) is 6. The molecule has 2 atom stereocenters. The Balaban J connectivity index is 1.38. The number of nitrogens with one attached hydrogen (secondary N) is 2. The summed E-state index contributed by atoms with van der Waals surface area (Å²) in [5.41, 5.74) is 4.35. The molecule has 8 heteroatoms. The summed E-state index contributed by atoms with van der Waals surface area (Å²) in [6, 6.07) is 24.3. The van der Waals surface area contributed by atoms with Crippen LogP contribution in [-0.2, 0) is 11.2 Å². The Bertz CT molecular complexity index is 1350. The van der Waals surface area contributed by atoms with Crippen LogP contribution in [-0.4, -0.2) is 34.9 Å². The molecule has 5 rings (SSSR count). The van der Waals surface area contributed by atoms with Gasteiger partial charge in [0.25, 0.3) is 5.95 Å². The third-order valence-corrected chi connectivity index (χ3v) is 6.42. The molecule has 36 heavy (non-hydrogen) atoms. The second kappa shape index (κ2) is 10.1. The summed E-state index contributed by atoms with van der Waals surface area (Å²) >= 11 is 0. The molecule has 0 saturated heterocycles. The van der Waals surface area contributed by atoms with Crippen molar-refractivity contribution in [2.75, 3.05) is 24.9 Å². The number of amides is 1. The zero-order chi connectivity index (χ0) is 25.1. The minimum Gasteiger partial charge on any atom is -0.493 e. The Morgan fingerprint density at radius 3 is 2.47 bits per heavy atom. The van der Waals surface area contributed by atoms with Gasteiger partial charge in [0.1, 0.15) is 0 Å². The van der Waals surface area contributed by atoms with Crippen molar-refractivity contribution in [2.24, 2.45) is 0 Å². The predicted molar refractivity (Wildman–Crippen MR) is 139 cm³/mol. The van der Waals surface area contributed by atoms with Crippen LogP contribution in [0.15, 0.2) is 72.8 Å². The van der Waals surface area contributed by atoms with Crippen LogP contribution in [0.5, 0.6) is 11.5 Å². The SMILES string of the molecule is COc1ccc(CC(=O)Nc2nc3n(n2)[C@H](c2ccccc2)C[C@H](c2ccc(C)cc2)N3)cc1OC. The van der Waals surface area contributed by atoms with Gasteiger partial charge >= 0.3 is 0 Å². The van der Waals surface area contributed by atoms with Crippen molar-refractivity contribution in [3.05, 3.63) is 95.1 Å². The van der Waals surface area contributed by atoms with Crippen LogP contribution >= 0.6 is 0 Å². The van der Waals surface area contributed by atoms with E-state index in [1.807, 2.05) is 28.9 Å². The third-order valence-electron chi connectivity index (χ3n) is 6.42. The monoisotopic (exact) mass is 483 g/mol. The van der Waals surface area contributed by atoms with Gasteiger partial charge in [0.05, 0.1) is 32.7 Å². The normalized spacial score (nSPS) is 16.5. The highest BCUT2D eigenvalue weighted by molar-refractivity contribution is 5.90. The summed E-state index contributed by atoms with van der Waals surface area (Å²) in [6.07, 6.45) is 0.966. The summed E-state index contributed by atoms with van der Waals surface area (Å²) in [4.78, 5) is 17.5. The first-order valence-corrected chi connectivity index (χ1v) is 11.9. The standard InChI is InChI=1S/C28H29N5O3/c1-18-9-12-20(13-10-18)22-17-23(21-7-5-4-6-8-21)33-28(29-22)31-27(32-33)30-26(34)16-19-11-14-24(35-2)25(15-19)36-3/h4-15,22-23H,16-17H2,1-3H3,(H2,29,30,31,32,34)/t22-,23+/m1/s1. The minimum absolute atomic E-state index is 0.0160. The molecular weight excluding hydrogens is 454 g/mol. The van der Waals surface area contributed by atoms with Gasteiger partial charge in [-0.2, -0.15) is 4.98 Å². The Labute approximate surface area is 210 Å². The van der Waals surface area contributed by atoms with Gasteiger partial charge in [-0.1, -0.05) is 66.2 Å². The first-order valence-electron chi connectivity index (χ1n) is 11.9. The number of anilines is 2. The van der Waals surface area contributed by atoms with E-state index in [9.17, 15) is 4.79 Å². The quantitative estimate of drug-likeness (QED) is 0.387. The number of methoxy groups -OCH3 is 2. The van der Waals surface area contributed by atoms with Crippen molar-refractivity contribution >= 4 is 17.8 Å². The number of carbonyl (C=O) groups is 1. The Morgan fingerprint density at radius 2 is 1.75 bits per heavy atom. The van der Waals surface area contributed by atoms with E-state index in [1.54, 1.807) is 26.4 Å². The van der Waals surface area contributed by atoms with E-state index in [1.165, 1.54) is 11.1 Å². The second-order valence-electron chi connectivity index (χ2n) is 8.89. The highest BCUT2D eigenvalue weighted by atomic mass is 16.5. The van der Waals surface area contributed by atoms with Crippen molar-refractivity contribution in [3.8, 4) is 11.5 Å². The minimum atomic E-state index is -0.212. The molecule has 3 aromatic carbocycles. The largest absolute Gasteiger partial charge is 0.493 e. The van der Waals surface area contributed by atoms with E-state index in [0.717, 1.165) is 17.5 Å². The van der Waals surface area contributed by atoms with Gasteiger partial charge in [-0.25, -0.2) is 4.68 Å². The van der Waals surface area contributed by atoms with Crippen LogP contribution in [0.1, 0.15) is 40.8 Å². The van der Waals surface area contributed by atoms with Crippen molar-refractivity contribution in [1.82, 2.24) is 14.8 Å². The molecule has 0 unspecified atom stereocenters. The molecule has 2 N–H and O–H groups in total. The molecule has 1 aromatic heterocycles. The second-order valence-corrected chi connectivity index (χ2v) is 8.89. The van der Waals surface area contributed by atoms with Crippen molar-refractivity contribution in [1.29, 1.82) is 0 Å². The number of hydrogen-bond donors (Lipinski definition) is 2. The molecule has 0 bridgehead atoms. The number of carbonyl (C=O) groups excluding carboxylic acids is 1. The van der Waals surface area contributed by atoms with E-state index in [2.05, 4.69) is 64.0 Å². The maximum absolute atomic E-state index is 12.8. The molecule has 0 radical (unpaired) electrons. The average molecular weight is 484 g/mol. The lowest BCUT2D eigenvalue weighted by Crippen LogP contribution is -2.28. The van der Waals surface area contributed by atoms with E-state index < -0.39 is 0 Å². The molecule has 0 aliphatic carbocycles. The highest BCUT2D eigenvalue weighted by Crippen LogP contribution is 2.38. The summed E-state index contributed by atoms with van der Waals surface area (Å²) in [5.74, 6) is 1.88. The van der Waals surface area contributed by atoms with Crippen LogP contribution in [0.3, 0.4) is 0 Å². The van der Waals surface area contributed by atoms with Gasteiger partial charge in [0, 0.05) is 0 Å². The van der Waals surface area contributed by atoms with Gasteiger partial charge < -0.3 is 14.8 Å². The fraction of sp³-hybridized carbons (Fsp3) is 0.250. The number of ether oxygens (including phenoxy) is 2. The predicted octanol–water partition coefficient (Wildman–Crippen LogP) is 4.93. The third kappa shape index (κ3) is 4.88. The summed E-state index contributed by atoms with van der Waals surface area (Å²) in [7, 11) is 3.15. The highest BCUT2D eigenvalue weighted by Gasteiger charge is 2.31. The van der Waals surface area contributed by atoms with Gasteiger partial charge in [-0.15, -0.1) is 5.10 Å². The molecule has 8 nitrogen and oxygen atoms in total. The molecule has 0 saturated carbocycles. The molecular formula is C28H29N5O3. The first kappa shape index (κ1) is 23.4. The maximum atomic E-state index is 12.8. The summed E-state index contributed by atoms with van der Waals surface area (Å²) in [6.45, 7) is 2.08. The van der Waals surface area contributed by atoms with E-state index in [0.29, 0.717) is 17.4 Å². The lowest BCUT2D eigenvalue weighted by atomic mass is 9.93. The molecule has 2 heterocycles. The average Bonchev–Trinajstić information content (AvgIpc) is 3.31. The molecule has 0 spiro atoms. The fourth-order valence-electron chi connectivity index (χ4n) is 4.55. The van der Waals surface area contributed by atoms with Gasteiger partial charge in [0.2, 0.25) is 11.9 Å². The molecule has 1 aliphatic heterocycles. The van der Waals surface area contributed by atoms with Gasteiger partial charge in [0.15, 0.2) is 11.5 Å². The van der Waals surface area contributed by atoms with Gasteiger partial charge in [-0.3, -0.25) is 10.1 Å². The summed E-state index contributed by atoms with van der Waals surface area (Å²) < 4.78 is 12.5. The van der Waals surface area contributed by atoms with E-state index in [-0.39, 0.29) is 30.4 Å². The van der Waals surface area contributed by atoms with Crippen LogP contribution in [0, 0.1) is 6.92 Å². The van der Waals surface area contributed by atoms with Crippen molar-refractivity contribution < 1.29 is 14.3 Å². The number of benzene rings is 3. The zero-order valence-corrected chi connectivity index (χ0v) is 20.6. The fourth-order valence-corrected chi connectivity index (χ4v) is 4.55. The molecule has 184 valence electrons. The number of nitrogens with zero attached hydrogens (tertiary/aromatic N) is 3. The zero-order valence-electron chi connectivity index (χ0n) is 20.6. The Hall–Kier alpha value is -4.33. The van der Waals surface area contributed by atoms with Crippen LogP contribution in [0.2, 0.25) is 0 Å².